The van der Waals surface area contributed by atoms with Gasteiger partial charge in [0.25, 0.3) is 5.91 Å². The second-order valence-corrected chi connectivity index (χ2v) is 5.53. The lowest BCUT2D eigenvalue weighted by molar-refractivity contribution is -0.118. The Morgan fingerprint density at radius 3 is 2.29 bits per heavy atom. The molecule has 0 spiro atoms. The SMILES string of the molecule is COc1cc(C(C)=O)ccc1OCC(=O)Nc1c(C)cccc1C. The molecule has 0 aliphatic heterocycles. The van der Waals surface area contributed by atoms with Crippen molar-refractivity contribution in [3.63, 3.8) is 0 Å². The van der Waals surface area contributed by atoms with E-state index in [2.05, 4.69) is 5.32 Å². The van der Waals surface area contributed by atoms with Crippen LogP contribution in [0.3, 0.4) is 0 Å². The lowest BCUT2D eigenvalue weighted by atomic mass is 10.1. The Morgan fingerprint density at radius 1 is 1.04 bits per heavy atom. The number of hydrogen-bond donors (Lipinski definition) is 1. The molecule has 1 amide bonds. The van der Waals surface area contributed by atoms with Crippen LogP contribution in [0.2, 0.25) is 0 Å². The number of rotatable bonds is 6. The molecule has 2 aromatic carbocycles. The standard InChI is InChI=1S/C19H21NO4/c1-12-6-5-7-13(2)19(12)20-18(22)11-24-16-9-8-15(14(3)21)10-17(16)23-4/h5-10H,11H2,1-4H3,(H,20,22). The van der Waals surface area contributed by atoms with Gasteiger partial charge in [0.15, 0.2) is 23.9 Å². The molecule has 0 unspecified atom stereocenters. The molecule has 0 radical (unpaired) electrons. The number of anilines is 1. The Hall–Kier alpha value is -2.82. The number of nitrogens with one attached hydrogen (secondary N) is 1. The average molecular weight is 327 g/mol. The first kappa shape index (κ1) is 17.5. The molecule has 0 aromatic heterocycles. The van der Waals surface area contributed by atoms with Crippen molar-refractivity contribution in [3.05, 3.63) is 53.1 Å². The summed E-state index contributed by atoms with van der Waals surface area (Å²) < 4.78 is 10.7. The lowest BCUT2D eigenvalue weighted by Gasteiger charge is -2.13. The third-order valence-corrected chi connectivity index (χ3v) is 3.67. The van der Waals surface area contributed by atoms with Gasteiger partial charge in [-0.3, -0.25) is 9.59 Å². The second kappa shape index (κ2) is 7.64. The number of ether oxygens (including phenoxy) is 2. The molecule has 0 saturated carbocycles. The number of Topliss-reactive ketones (excluding diaryl/α,β-unsaturated/α-hetero) is 1. The van der Waals surface area contributed by atoms with Crippen molar-refractivity contribution < 1.29 is 19.1 Å². The zero-order chi connectivity index (χ0) is 17.7. The fourth-order valence-electron chi connectivity index (χ4n) is 2.34. The van der Waals surface area contributed by atoms with E-state index in [1.807, 2.05) is 32.0 Å². The largest absolute Gasteiger partial charge is 0.493 e. The molecule has 5 nitrogen and oxygen atoms in total. The molecule has 0 heterocycles. The van der Waals surface area contributed by atoms with E-state index in [9.17, 15) is 9.59 Å². The maximum atomic E-state index is 12.1. The average Bonchev–Trinajstić information content (AvgIpc) is 2.56. The summed E-state index contributed by atoms with van der Waals surface area (Å²) >= 11 is 0. The van der Waals surface area contributed by atoms with Crippen molar-refractivity contribution in [2.24, 2.45) is 0 Å². The van der Waals surface area contributed by atoms with Crippen molar-refractivity contribution in [1.82, 2.24) is 0 Å². The van der Waals surface area contributed by atoms with Gasteiger partial charge in [-0.2, -0.15) is 0 Å². The molecular weight excluding hydrogens is 306 g/mol. The smallest absolute Gasteiger partial charge is 0.262 e. The fourth-order valence-corrected chi connectivity index (χ4v) is 2.34. The zero-order valence-electron chi connectivity index (χ0n) is 14.3. The number of benzene rings is 2. The van der Waals surface area contributed by atoms with Crippen molar-refractivity contribution in [2.45, 2.75) is 20.8 Å². The Balaban J connectivity index is 2.05. The summed E-state index contributed by atoms with van der Waals surface area (Å²) in [5.41, 5.74) is 3.31. The Morgan fingerprint density at radius 2 is 1.71 bits per heavy atom. The monoisotopic (exact) mass is 327 g/mol. The van der Waals surface area contributed by atoms with Gasteiger partial charge in [-0.15, -0.1) is 0 Å². The van der Waals surface area contributed by atoms with E-state index in [1.165, 1.54) is 14.0 Å². The second-order valence-electron chi connectivity index (χ2n) is 5.53. The number of methoxy groups -OCH3 is 1. The Labute approximate surface area is 141 Å². The first-order chi connectivity index (χ1) is 11.4. The minimum atomic E-state index is -0.259. The van der Waals surface area contributed by atoms with E-state index in [4.69, 9.17) is 9.47 Å². The van der Waals surface area contributed by atoms with Crippen LogP contribution in [0.5, 0.6) is 11.5 Å². The maximum Gasteiger partial charge on any atom is 0.262 e. The highest BCUT2D eigenvalue weighted by atomic mass is 16.5. The first-order valence-electron chi connectivity index (χ1n) is 7.60. The Kier molecular flexibility index (Phi) is 5.58. The topological polar surface area (TPSA) is 64.6 Å². The molecular formula is C19H21NO4. The van der Waals surface area contributed by atoms with Crippen LogP contribution in [0.15, 0.2) is 36.4 Å². The summed E-state index contributed by atoms with van der Waals surface area (Å²) in [5.74, 6) is 0.513. The predicted molar refractivity (Wildman–Crippen MR) is 93.0 cm³/mol. The first-order valence-corrected chi connectivity index (χ1v) is 7.60. The van der Waals surface area contributed by atoms with Gasteiger partial charge in [-0.05, 0) is 50.1 Å². The van der Waals surface area contributed by atoms with Crippen molar-refractivity contribution in [2.75, 3.05) is 19.0 Å². The molecule has 0 aliphatic carbocycles. The molecule has 1 N–H and O–H groups in total. The van der Waals surface area contributed by atoms with E-state index in [-0.39, 0.29) is 18.3 Å². The highest BCUT2D eigenvalue weighted by Gasteiger charge is 2.12. The van der Waals surface area contributed by atoms with Gasteiger partial charge in [-0.25, -0.2) is 0 Å². The molecule has 0 atom stereocenters. The van der Waals surface area contributed by atoms with Crippen molar-refractivity contribution in [1.29, 1.82) is 0 Å². The molecule has 24 heavy (non-hydrogen) atoms. The number of carbonyl (C=O) groups excluding carboxylic acids is 2. The number of amides is 1. The third kappa shape index (κ3) is 4.13. The summed E-state index contributed by atoms with van der Waals surface area (Å²) in [6, 6.07) is 10.7. The van der Waals surface area contributed by atoms with E-state index < -0.39 is 0 Å². The van der Waals surface area contributed by atoms with E-state index >= 15 is 0 Å². The van der Waals surface area contributed by atoms with Crippen LogP contribution in [0.1, 0.15) is 28.4 Å². The highest BCUT2D eigenvalue weighted by Crippen LogP contribution is 2.28. The molecule has 0 saturated heterocycles. The van der Waals surface area contributed by atoms with Crippen LogP contribution < -0.4 is 14.8 Å². The number of hydrogen-bond acceptors (Lipinski definition) is 4. The summed E-state index contributed by atoms with van der Waals surface area (Å²) in [6.45, 7) is 5.21. The van der Waals surface area contributed by atoms with Gasteiger partial charge in [0.1, 0.15) is 0 Å². The minimum Gasteiger partial charge on any atom is -0.493 e. The van der Waals surface area contributed by atoms with Gasteiger partial charge in [0.2, 0.25) is 0 Å². The van der Waals surface area contributed by atoms with E-state index in [0.717, 1.165) is 16.8 Å². The number of aryl methyl sites for hydroxylation is 2. The lowest BCUT2D eigenvalue weighted by Crippen LogP contribution is -2.21. The van der Waals surface area contributed by atoms with Crippen LogP contribution >= 0.6 is 0 Å². The molecule has 126 valence electrons. The summed E-state index contributed by atoms with van der Waals surface area (Å²) in [7, 11) is 1.49. The summed E-state index contributed by atoms with van der Waals surface area (Å²) in [5, 5.41) is 2.86. The number of carbonyl (C=O) groups is 2. The van der Waals surface area contributed by atoms with E-state index in [0.29, 0.717) is 17.1 Å². The molecule has 2 rings (SSSR count). The van der Waals surface area contributed by atoms with Crippen LogP contribution in [0.4, 0.5) is 5.69 Å². The fraction of sp³-hybridized carbons (Fsp3) is 0.263. The highest BCUT2D eigenvalue weighted by molar-refractivity contribution is 5.95. The van der Waals surface area contributed by atoms with Gasteiger partial charge < -0.3 is 14.8 Å². The van der Waals surface area contributed by atoms with Crippen LogP contribution in [-0.2, 0) is 4.79 Å². The van der Waals surface area contributed by atoms with Crippen LogP contribution in [-0.4, -0.2) is 25.4 Å². The van der Waals surface area contributed by atoms with Gasteiger partial charge in [-0.1, -0.05) is 18.2 Å². The molecule has 5 heteroatoms. The number of para-hydroxylation sites is 1. The van der Waals surface area contributed by atoms with Gasteiger partial charge in [0.05, 0.1) is 7.11 Å². The maximum absolute atomic E-state index is 12.1. The molecule has 0 bridgehead atoms. The quantitative estimate of drug-likeness (QED) is 0.824. The molecule has 2 aromatic rings. The van der Waals surface area contributed by atoms with Crippen LogP contribution in [0.25, 0.3) is 0 Å². The molecule has 0 fully saturated rings. The normalized spacial score (nSPS) is 10.2. The summed E-state index contributed by atoms with van der Waals surface area (Å²) in [4.78, 5) is 23.5. The minimum absolute atomic E-state index is 0.0624. The van der Waals surface area contributed by atoms with Crippen molar-refractivity contribution >= 4 is 17.4 Å². The Bertz CT molecular complexity index is 748. The summed E-state index contributed by atoms with van der Waals surface area (Å²) in [6.07, 6.45) is 0. The third-order valence-electron chi connectivity index (χ3n) is 3.67. The van der Waals surface area contributed by atoms with Crippen molar-refractivity contribution in [3.8, 4) is 11.5 Å². The van der Waals surface area contributed by atoms with E-state index in [1.54, 1.807) is 18.2 Å². The van der Waals surface area contributed by atoms with Crippen LogP contribution in [0, 0.1) is 13.8 Å². The van der Waals surface area contributed by atoms with Gasteiger partial charge in [0, 0.05) is 11.3 Å². The predicted octanol–water partition coefficient (Wildman–Crippen LogP) is 3.53. The number of ketones is 1. The molecule has 0 aliphatic rings. The van der Waals surface area contributed by atoms with Gasteiger partial charge >= 0.3 is 0 Å². The zero-order valence-corrected chi connectivity index (χ0v) is 14.3.